The first-order valence-corrected chi connectivity index (χ1v) is 9.53. The van der Waals surface area contributed by atoms with Gasteiger partial charge in [-0.05, 0) is 22.6 Å². The van der Waals surface area contributed by atoms with Gasteiger partial charge in [0, 0.05) is 24.9 Å². The van der Waals surface area contributed by atoms with Gasteiger partial charge in [-0.15, -0.1) is 11.3 Å². The Labute approximate surface area is 160 Å². The number of carbonyl (C=O) groups excluding carboxylic acids is 1. The molecule has 0 spiro atoms. The van der Waals surface area contributed by atoms with Gasteiger partial charge in [0.05, 0.1) is 23.7 Å². The number of hydrogen-bond acceptors (Lipinski definition) is 5. The predicted octanol–water partition coefficient (Wildman–Crippen LogP) is 4.15. The zero-order valence-corrected chi connectivity index (χ0v) is 15.4. The molecule has 1 saturated heterocycles. The summed E-state index contributed by atoms with van der Waals surface area (Å²) in [5.74, 6) is -0.294. The number of nitriles is 1. The molecular weight excluding hydrogens is 363 g/mol. The molecule has 1 aliphatic rings. The molecule has 1 aliphatic heterocycles. The number of morpholine rings is 1. The molecule has 0 aliphatic carbocycles. The average Bonchev–Trinajstić information content (AvgIpc) is 3.06. The van der Waals surface area contributed by atoms with Crippen LogP contribution in [-0.2, 0) is 11.2 Å². The van der Waals surface area contributed by atoms with E-state index in [1.54, 1.807) is 12.1 Å². The lowest BCUT2D eigenvalue weighted by atomic mass is 9.98. The third-order valence-corrected chi connectivity index (χ3v) is 6.01. The second-order valence-corrected chi connectivity index (χ2v) is 7.46. The molecule has 1 aromatic heterocycles. The Morgan fingerprint density at radius 2 is 2.04 bits per heavy atom. The number of halogens is 1. The molecule has 0 atom stereocenters. The Hall–Kier alpha value is -2.75. The maximum absolute atomic E-state index is 14.5. The average molecular weight is 380 g/mol. The zero-order chi connectivity index (χ0) is 18.8. The van der Waals surface area contributed by atoms with Crippen molar-refractivity contribution in [3.8, 4) is 6.07 Å². The number of aldehydes is 1. The van der Waals surface area contributed by atoms with Gasteiger partial charge in [-0.3, -0.25) is 4.79 Å². The number of carbonyl (C=O) groups is 1. The quantitative estimate of drug-likeness (QED) is 0.638. The second-order valence-electron chi connectivity index (χ2n) is 6.43. The number of rotatable bonds is 4. The van der Waals surface area contributed by atoms with Crippen LogP contribution in [0.15, 0.2) is 36.4 Å². The minimum absolute atomic E-state index is 0.294. The van der Waals surface area contributed by atoms with Crippen molar-refractivity contribution in [2.75, 3.05) is 31.2 Å². The summed E-state index contributed by atoms with van der Waals surface area (Å²) in [5.41, 5.74) is 1.93. The summed E-state index contributed by atoms with van der Waals surface area (Å²) in [7, 11) is 0. The van der Waals surface area contributed by atoms with Crippen molar-refractivity contribution in [3.63, 3.8) is 0 Å². The van der Waals surface area contributed by atoms with E-state index in [4.69, 9.17) is 4.74 Å². The topological polar surface area (TPSA) is 53.3 Å². The van der Waals surface area contributed by atoms with Gasteiger partial charge in [0.15, 0.2) is 6.29 Å². The highest BCUT2D eigenvalue weighted by Crippen LogP contribution is 2.37. The van der Waals surface area contributed by atoms with Gasteiger partial charge in [-0.25, -0.2) is 4.39 Å². The van der Waals surface area contributed by atoms with E-state index in [-0.39, 0.29) is 5.82 Å². The molecule has 4 rings (SSSR count). The van der Waals surface area contributed by atoms with Crippen molar-refractivity contribution < 1.29 is 13.9 Å². The molecule has 1 fully saturated rings. The van der Waals surface area contributed by atoms with Gasteiger partial charge >= 0.3 is 0 Å². The molecule has 0 N–H and O–H groups in total. The molecule has 6 heteroatoms. The van der Waals surface area contributed by atoms with Crippen molar-refractivity contribution in [2.45, 2.75) is 6.42 Å². The summed E-state index contributed by atoms with van der Waals surface area (Å²) in [4.78, 5) is 14.3. The van der Waals surface area contributed by atoms with E-state index in [1.165, 1.54) is 17.4 Å². The summed E-state index contributed by atoms with van der Waals surface area (Å²) >= 11 is 1.33. The van der Waals surface area contributed by atoms with Gasteiger partial charge in [-0.2, -0.15) is 5.26 Å². The van der Waals surface area contributed by atoms with Crippen LogP contribution < -0.4 is 4.90 Å². The molecule has 0 saturated carbocycles. The van der Waals surface area contributed by atoms with Crippen molar-refractivity contribution in [1.82, 2.24) is 0 Å². The Kier molecular flexibility index (Phi) is 4.88. The van der Waals surface area contributed by atoms with E-state index in [1.807, 2.05) is 18.2 Å². The van der Waals surface area contributed by atoms with E-state index in [0.717, 1.165) is 22.2 Å². The van der Waals surface area contributed by atoms with Crippen molar-refractivity contribution in [3.05, 3.63) is 63.8 Å². The number of benzene rings is 2. The maximum atomic E-state index is 14.5. The normalized spacial score (nSPS) is 14.3. The van der Waals surface area contributed by atoms with E-state index in [0.29, 0.717) is 54.1 Å². The van der Waals surface area contributed by atoms with Gasteiger partial charge in [-0.1, -0.05) is 30.3 Å². The highest BCUT2D eigenvalue weighted by atomic mass is 32.1. The molecule has 3 aromatic rings. The summed E-state index contributed by atoms with van der Waals surface area (Å²) in [6.07, 6.45) is 1.14. The molecule has 4 nitrogen and oxygen atoms in total. The van der Waals surface area contributed by atoms with E-state index in [9.17, 15) is 14.4 Å². The molecule has 0 unspecified atom stereocenters. The SMILES string of the molecule is N#Cc1c(N2CCOCC2)sc(C=O)c1Cc1cc(F)c2ccccc2c1. The molecule has 136 valence electrons. The second kappa shape index (κ2) is 7.47. The first kappa shape index (κ1) is 17.7. The van der Waals surface area contributed by atoms with Crippen LogP contribution in [0.25, 0.3) is 10.8 Å². The summed E-state index contributed by atoms with van der Waals surface area (Å²) < 4.78 is 19.8. The summed E-state index contributed by atoms with van der Waals surface area (Å²) in [6.45, 7) is 2.59. The maximum Gasteiger partial charge on any atom is 0.160 e. The van der Waals surface area contributed by atoms with E-state index in [2.05, 4.69) is 11.0 Å². The minimum Gasteiger partial charge on any atom is -0.378 e. The Bertz CT molecular complexity index is 1050. The molecule has 2 aromatic carbocycles. The van der Waals surface area contributed by atoms with Crippen LogP contribution in [0.2, 0.25) is 0 Å². The lowest BCUT2D eigenvalue weighted by Gasteiger charge is -2.27. The number of hydrogen-bond donors (Lipinski definition) is 0. The van der Waals surface area contributed by atoms with Crippen LogP contribution >= 0.6 is 11.3 Å². The molecule has 2 heterocycles. The van der Waals surface area contributed by atoms with Crippen LogP contribution in [0.4, 0.5) is 9.39 Å². The van der Waals surface area contributed by atoms with Crippen LogP contribution in [0.3, 0.4) is 0 Å². The van der Waals surface area contributed by atoms with Gasteiger partial charge in [0.1, 0.15) is 16.9 Å². The molecule has 0 radical (unpaired) electrons. The zero-order valence-electron chi connectivity index (χ0n) is 14.6. The molecular formula is C21H17FN2O2S. The molecule has 0 amide bonds. The van der Waals surface area contributed by atoms with Gasteiger partial charge in [0.25, 0.3) is 0 Å². The number of anilines is 1. The number of ether oxygens (including phenoxy) is 1. The number of thiophene rings is 1. The van der Waals surface area contributed by atoms with Crippen LogP contribution in [0.1, 0.15) is 26.4 Å². The van der Waals surface area contributed by atoms with Crippen LogP contribution in [0, 0.1) is 17.1 Å². The summed E-state index contributed by atoms with van der Waals surface area (Å²) in [5, 5.41) is 11.9. The first-order chi connectivity index (χ1) is 13.2. The predicted molar refractivity (Wildman–Crippen MR) is 104 cm³/mol. The minimum atomic E-state index is -0.294. The fourth-order valence-corrected chi connectivity index (χ4v) is 4.61. The third kappa shape index (κ3) is 3.32. The Morgan fingerprint density at radius 3 is 2.78 bits per heavy atom. The smallest absolute Gasteiger partial charge is 0.160 e. The van der Waals surface area contributed by atoms with Crippen molar-refractivity contribution in [1.29, 1.82) is 5.26 Å². The number of fused-ring (bicyclic) bond motifs is 1. The van der Waals surface area contributed by atoms with E-state index < -0.39 is 0 Å². The van der Waals surface area contributed by atoms with E-state index >= 15 is 0 Å². The lowest BCUT2D eigenvalue weighted by molar-refractivity contribution is 0.112. The fraction of sp³-hybridized carbons (Fsp3) is 0.238. The van der Waals surface area contributed by atoms with Gasteiger partial charge in [0.2, 0.25) is 0 Å². The lowest BCUT2D eigenvalue weighted by Crippen LogP contribution is -2.36. The Balaban J connectivity index is 1.76. The first-order valence-electron chi connectivity index (χ1n) is 8.72. The van der Waals surface area contributed by atoms with Gasteiger partial charge < -0.3 is 9.64 Å². The standard InChI is InChI=1S/C21H17FN2O2S/c22-19-11-14(9-15-3-1-2-4-16(15)19)10-17-18(12-23)21(27-20(17)13-25)24-5-7-26-8-6-24/h1-4,9,11,13H,5-8,10H2. The highest BCUT2D eigenvalue weighted by molar-refractivity contribution is 7.18. The molecule has 0 bridgehead atoms. The van der Waals surface area contributed by atoms with Crippen LogP contribution in [0.5, 0.6) is 0 Å². The van der Waals surface area contributed by atoms with Crippen molar-refractivity contribution in [2.24, 2.45) is 0 Å². The monoisotopic (exact) mass is 380 g/mol. The fourth-order valence-electron chi connectivity index (χ4n) is 3.47. The third-order valence-electron chi connectivity index (χ3n) is 4.79. The molecule has 27 heavy (non-hydrogen) atoms. The van der Waals surface area contributed by atoms with Crippen molar-refractivity contribution >= 4 is 33.4 Å². The highest BCUT2D eigenvalue weighted by Gasteiger charge is 2.24. The number of nitrogens with zero attached hydrogens (tertiary/aromatic N) is 2. The van der Waals surface area contributed by atoms with Crippen LogP contribution in [-0.4, -0.2) is 32.6 Å². The summed E-state index contributed by atoms with van der Waals surface area (Å²) in [6, 6.07) is 12.9. The largest absolute Gasteiger partial charge is 0.378 e. The Morgan fingerprint density at radius 1 is 1.26 bits per heavy atom.